The summed E-state index contributed by atoms with van der Waals surface area (Å²) in [7, 11) is 1.66. The summed E-state index contributed by atoms with van der Waals surface area (Å²) in [5.74, 6) is 1.96. The Labute approximate surface area is 189 Å². The lowest BCUT2D eigenvalue weighted by molar-refractivity contribution is -0.126. The van der Waals surface area contributed by atoms with Crippen molar-refractivity contribution < 1.29 is 14.3 Å². The number of ether oxygens (including phenoxy) is 2. The minimum absolute atomic E-state index is 0.0156. The lowest BCUT2D eigenvalue weighted by Crippen LogP contribution is -2.43. The van der Waals surface area contributed by atoms with E-state index in [1.807, 2.05) is 30.5 Å². The summed E-state index contributed by atoms with van der Waals surface area (Å²) in [6.07, 6.45) is 6.00. The smallest absolute Gasteiger partial charge is 0.223 e. The van der Waals surface area contributed by atoms with Crippen molar-refractivity contribution in [1.29, 1.82) is 0 Å². The Bertz CT molecular complexity index is 877. The number of morpholine rings is 1. The number of carbonyl (C=O) groups excluding carboxylic acids is 1. The first-order chi connectivity index (χ1) is 15.7. The highest BCUT2D eigenvalue weighted by molar-refractivity contribution is 5.79. The summed E-state index contributed by atoms with van der Waals surface area (Å²) >= 11 is 0. The van der Waals surface area contributed by atoms with Crippen molar-refractivity contribution in [2.75, 3.05) is 56.3 Å². The van der Waals surface area contributed by atoms with Gasteiger partial charge in [0.25, 0.3) is 0 Å². The molecule has 1 aromatic heterocycles. The monoisotopic (exact) mass is 439 g/mol. The number of anilines is 2. The zero-order chi connectivity index (χ0) is 22.3. The van der Waals surface area contributed by atoms with Gasteiger partial charge in [-0.05, 0) is 37.0 Å². The number of methoxy groups -OCH3 is 1. The number of nitrogens with one attached hydrogen (secondary N) is 1. The molecule has 1 amide bonds. The molecule has 2 aromatic rings. The van der Waals surface area contributed by atoms with Gasteiger partial charge in [0, 0.05) is 32.1 Å². The Morgan fingerprint density at radius 2 is 1.88 bits per heavy atom. The van der Waals surface area contributed by atoms with Gasteiger partial charge in [-0.25, -0.2) is 9.97 Å². The fourth-order valence-electron chi connectivity index (χ4n) is 4.49. The molecule has 1 aromatic carbocycles. The predicted octanol–water partition coefficient (Wildman–Crippen LogP) is 2.81. The van der Waals surface area contributed by atoms with Gasteiger partial charge in [-0.15, -0.1) is 0 Å². The van der Waals surface area contributed by atoms with Gasteiger partial charge >= 0.3 is 0 Å². The van der Waals surface area contributed by atoms with E-state index in [2.05, 4.69) is 32.0 Å². The second kappa shape index (κ2) is 10.6. The van der Waals surface area contributed by atoms with Crippen LogP contribution in [0, 0.1) is 5.92 Å². The van der Waals surface area contributed by atoms with Gasteiger partial charge in [0.15, 0.2) is 5.82 Å². The second-order valence-corrected chi connectivity index (χ2v) is 8.33. The van der Waals surface area contributed by atoms with Crippen molar-refractivity contribution in [2.45, 2.75) is 32.2 Å². The molecule has 8 nitrogen and oxygen atoms in total. The third-order valence-corrected chi connectivity index (χ3v) is 6.43. The topological polar surface area (TPSA) is 79.8 Å². The Hall–Kier alpha value is -2.87. The quantitative estimate of drug-likeness (QED) is 0.711. The maximum atomic E-state index is 13.0. The van der Waals surface area contributed by atoms with Crippen LogP contribution in [0.25, 0.3) is 0 Å². The largest absolute Gasteiger partial charge is 0.497 e. The number of piperidine rings is 1. The summed E-state index contributed by atoms with van der Waals surface area (Å²) in [6.45, 7) is 6.86. The van der Waals surface area contributed by atoms with Crippen LogP contribution < -0.4 is 19.9 Å². The molecule has 0 bridgehead atoms. The average Bonchev–Trinajstić information content (AvgIpc) is 2.88. The molecule has 3 heterocycles. The number of hydrogen-bond acceptors (Lipinski definition) is 7. The average molecular weight is 440 g/mol. The molecule has 2 aliphatic rings. The molecular formula is C24H33N5O3. The van der Waals surface area contributed by atoms with Crippen LogP contribution in [-0.4, -0.2) is 62.4 Å². The van der Waals surface area contributed by atoms with Gasteiger partial charge in [0.2, 0.25) is 5.91 Å². The van der Waals surface area contributed by atoms with Gasteiger partial charge in [0.1, 0.15) is 12.1 Å². The van der Waals surface area contributed by atoms with Crippen LogP contribution >= 0.6 is 0 Å². The first-order valence-corrected chi connectivity index (χ1v) is 11.5. The van der Waals surface area contributed by atoms with Crippen LogP contribution in [0.4, 0.5) is 11.5 Å². The molecular weight excluding hydrogens is 406 g/mol. The molecule has 2 fully saturated rings. The van der Waals surface area contributed by atoms with Crippen LogP contribution in [0.3, 0.4) is 0 Å². The number of carbonyl (C=O) groups is 1. The predicted molar refractivity (Wildman–Crippen MR) is 124 cm³/mol. The van der Waals surface area contributed by atoms with E-state index in [0.29, 0.717) is 0 Å². The van der Waals surface area contributed by atoms with E-state index in [9.17, 15) is 4.79 Å². The number of aromatic nitrogens is 2. The van der Waals surface area contributed by atoms with Crippen LogP contribution in [0.5, 0.6) is 5.75 Å². The third-order valence-electron chi connectivity index (χ3n) is 6.43. The van der Waals surface area contributed by atoms with Crippen LogP contribution in [0.1, 0.15) is 37.8 Å². The van der Waals surface area contributed by atoms with Gasteiger partial charge in [-0.1, -0.05) is 19.1 Å². The zero-order valence-corrected chi connectivity index (χ0v) is 19.0. The fourth-order valence-corrected chi connectivity index (χ4v) is 4.49. The summed E-state index contributed by atoms with van der Waals surface area (Å²) in [5.41, 5.74) is 2.16. The summed E-state index contributed by atoms with van der Waals surface area (Å²) < 4.78 is 10.7. The van der Waals surface area contributed by atoms with E-state index in [4.69, 9.17) is 9.47 Å². The minimum atomic E-state index is 0.0156. The molecule has 1 unspecified atom stereocenters. The molecule has 1 atom stereocenters. The number of nitrogens with zero attached hydrogens (tertiary/aromatic N) is 4. The van der Waals surface area contributed by atoms with E-state index in [1.54, 1.807) is 13.4 Å². The fraction of sp³-hybridized carbons (Fsp3) is 0.542. The molecule has 2 saturated heterocycles. The highest BCUT2D eigenvalue weighted by atomic mass is 16.5. The van der Waals surface area contributed by atoms with Crippen molar-refractivity contribution in [1.82, 2.24) is 15.3 Å². The van der Waals surface area contributed by atoms with E-state index in [-0.39, 0.29) is 17.9 Å². The van der Waals surface area contributed by atoms with Crippen molar-refractivity contribution in [3.8, 4) is 5.75 Å². The molecule has 0 saturated carbocycles. The summed E-state index contributed by atoms with van der Waals surface area (Å²) in [4.78, 5) is 26.4. The van der Waals surface area contributed by atoms with Crippen LogP contribution in [0.2, 0.25) is 0 Å². The van der Waals surface area contributed by atoms with Gasteiger partial charge < -0.3 is 24.6 Å². The normalized spacial score (nSPS) is 18.3. The standard InChI is InChI=1S/C24H33N5O3/c1-3-21(18-4-6-20(31-2)7-5-18)27-24(30)19-8-10-28(11-9-19)22-16-25-17-26-23(22)29-12-14-32-15-13-29/h4-7,16-17,19,21H,3,8-15H2,1-2H3,(H,27,30). The molecule has 1 N–H and O–H groups in total. The third kappa shape index (κ3) is 5.12. The highest BCUT2D eigenvalue weighted by Crippen LogP contribution is 2.31. The minimum Gasteiger partial charge on any atom is -0.497 e. The van der Waals surface area contributed by atoms with Crippen molar-refractivity contribution in [3.63, 3.8) is 0 Å². The summed E-state index contributed by atoms with van der Waals surface area (Å²) in [6, 6.07) is 7.95. The van der Waals surface area contributed by atoms with Crippen molar-refractivity contribution >= 4 is 17.4 Å². The van der Waals surface area contributed by atoms with Crippen LogP contribution in [0.15, 0.2) is 36.8 Å². The van der Waals surface area contributed by atoms with E-state index in [0.717, 1.165) is 81.5 Å². The Balaban J connectivity index is 1.35. The maximum Gasteiger partial charge on any atom is 0.223 e. The zero-order valence-electron chi connectivity index (χ0n) is 19.0. The number of amides is 1. The number of benzene rings is 1. The Morgan fingerprint density at radius 3 is 2.53 bits per heavy atom. The van der Waals surface area contributed by atoms with Crippen molar-refractivity contribution in [3.05, 3.63) is 42.4 Å². The number of rotatable bonds is 7. The lowest BCUT2D eigenvalue weighted by atomic mass is 9.94. The molecule has 0 radical (unpaired) electrons. The summed E-state index contributed by atoms with van der Waals surface area (Å²) in [5, 5.41) is 3.26. The maximum absolute atomic E-state index is 13.0. The van der Waals surface area contributed by atoms with Crippen LogP contribution in [-0.2, 0) is 9.53 Å². The molecule has 32 heavy (non-hydrogen) atoms. The molecule has 2 aliphatic heterocycles. The Morgan fingerprint density at radius 1 is 1.16 bits per heavy atom. The van der Waals surface area contributed by atoms with Gasteiger partial charge in [-0.2, -0.15) is 0 Å². The first kappa shape index (κ1) is 22.3. The van der Waals surface area contributed by atoms with Gasteiger partial charge in [0.05, 0.1) is 38.2 Å². The van der Waals surface area contributed by atoms with E-state index >= 15 is 0 Å². The molecule has 8 heteroatoms. The first-order valence-electron chi connectivity index (χ1n) is 11.5. The molecule has 0 spiro atoms. The SMILES string of the molecule is CCC(NC(=O)C1CCN(c2cncnc2N2CCOCC2)CC1)c1ccc(OC)cc1. The molecule has 0 aliphatic carbocycles. The van der Waals surface area contributed by atoms with Gasteiger partial charge in [-0.3, -0.25) is 4.79 Å². The molecule has 4 rings (SSSR count). The van der Waals surface area contributed by atoms with Crippen molar-refractivity contribution in [2.24, 2.45) is 5.92 Å². The highest BCUT2D eigenvalue weighted by Gasteiger charge is 2.29. The van der Waals surface area contributed by atoms with E-state index in [1.165, 1.54) is 0 Å². The molecule has 172 valence electrons. The lowest BCUT2D eigenvalue weighted by Gasteiger charge is -2.36. The Kier molecular flexibility index (Phi) is 7.42. The van der Waals surface area contributed by atoms with E-state index < -0.39 is 0 Å². The number of hydrogen-bond donors (Lipinski definition) is 1. The second-order valence-electron chi connectivity index (χ2n) is 8.33.